The number of carbonyl (C=O) groups excluding carboxylic acids is 2. The summed E-state index contributed by atoms with van der Waals surface area (Å²) in [5.41, 5.74) is 0. The van der Waals surface area contributed by atoms with Crippen molar-refractivity contribution in [2.75, 3.05) is 26.2 Å². The lowest BCUT2D eigenvalue weighted by atomic mass is 10.4. The molecular weight excluding hydrogens is 220 g/mol. The van der Waals surface area contributed by atoms with Crippen molar-refractivity contribution in [2.45, 2.75) is 39.2 Å². The molecule has 0 unspecified atom stereocenters. The normalized spacial score (nSPS) is 14.8. The highest BCUT2D eigenvalue weighted by atomic mass is 16.5. The van der Waals surface area contributed by atoms with Crippen LogP contribution in [-0.2, 0) is 14.3 Å². The van der Waals surface area contributed by atoms with Crippen molar-refractivity contribution in [3.63, 3.8) is 0 Å². The molecule has 0 aromatic rings. The molecular formula is C12H22N2O3. The molecule has 0 saturated heterocycles. The summed E-state index contributed by atoms with van der Waals surface area (Å²) in [5.74, 6) is -0.259. The molecule has 1 fully saturated rings. The first kappa shape index (κ1) is 14.0. The Morgan fingerprint density at radius 1 is 1.29 bits per heavy atom. The number of nitrogens with zero attached hydrogens (tertiary/aromatic N) is 1. The number of amides is 1. The van der Waals surface area contributed by atoms with Crippen molar-refractivity contribution in [2.24, 2.45) is 0 Å². The fourth-order valence-electron chi connectivity index (χ4n) is 1.63. The average Bonchev–Trinajstić information content (AvgIpc) is 3.09. The smallest absolute Gasteiger partial charge is 0.320 e. The average molecular weight is 242 g/mol. The summed E-state index contributed by atoms with van der Waals surface area (Å²) < 4.78 is 4.90. The molecule has 0 heterocycles. The van der Waals surface area contributed by atoms with Crippen molar-refractivity contribution < 1.29 is 14.3 Å². The Morgan fingerprint density at radius 2 is 2.00 bits per heavy atom. The Kier molecular flexibility index (Phi) is 5.97. The molecule has 5 nitrogen and oxygen atoms in total. The van der Waals surface area contributed by atoms with Crippen LogP contribution in [0.5, 0.6) is 0 Å². The number of hydrogen-bond acceptors (Lipinski definition) is 4. The Morgan fingerprint density at radius 3 is 2.53 bits per heavy atom. The maximum atomic E-state index is 11.6. The fraction of sp³-hybridized carbons (Fsp3) is 0.833. The van der Waals surface area contributed by atoms with Crippen molar-refractivity contribution >= 4 is 11.9 Å². The van der Waals surface area contributed by atoms with Crippen LogP contribution in [0.25, 0.3) is 0 Å². The number of nitrogens with one attached hydrogen (secondary N) is 1. The zero-order valence-corrected chi connectivity index (χ0v) is 10.7. The van der Waals surface area contributed by atoms with E-state index in [4.69, 9.17) is 4.74 Å². The van der Waals surface area contributed by atoms with Crippen LogP contribution < -0.4 is 5.32 Å². The molecule has 0 radical (unpaired) electrons. The van der Waals surface area contributed by atoms with E-state index in [-0.39, 0.29) is 18.4 Å². The second-order valence-corrected chi connectivity index (χ2v) is 4.29. The first-order valence-electron chi connectivity index (χ1n) is 6.33. The lowest BCUT2D eigenvalue weighted by Crippen LogP contribution is -2.41. The molecule has 1 amide bonds. The van der Waals surface area contributed by atoms with E-state index in [1.807, 2.05) is 11.8 Å². The van der Waals surface area contributed by atoms with Gasteiger partial charge in [-0.15, -0.1) is 0 Å². The van der Waals surface area contributed by atoms with Crippen LogP contribution in [0.4, 0.5) is 0 Å². The molecule has 1 aliphatic carbocycles. The van der Waals surface area contributed by atoms with Gasteiger partial charge in [-0.1, -0.05) is 6.92 Å². The predicted molar refractivity (Wildman–Crippen MR) is 64.5 cm³/mol. The van der Waals surface area contributed by atoms with Crippen LogP contribution in [0.2, 0.25) is 0 Å². The first-order valence-corrected chi connectivity index (χ1v) is 6.33. The number of rotatable bonds is 8. The van der Waals surface area contributed by atoms with Crippen LogP contribution in [0, 0.1) is 0 Å². The van der Waals surface area contributed by atoms with Crippen molar-refractivity contribution in [1.82, 2.24) is 10.2 Å². The van der Waals surface area contributed by atoms with Gasteiger partial charge in [0.2, 0.25) is 5.91 Å². The molecule has 0 bridgehead atoms. The Hall–Kier alpha value is -1.10. The van der Waals surface area contributed by atoms with E-state index in [0.717, 1.165) is 19.3 Å². The summed E-state index contributed by atoms with van der Waals surface area (Å²) in [5, 5.41) is 2.82. The van der Waals surface area contributed by atoms with Gasteiger partial charge in [-0.25, -0.2) is 0 Å². The minimum Gasteiger partial charge on any atom is -0.465 e. The molecule has 98 valence electrons. The molecule has 1 aliphatic rings. The summed E-state index contributed by atoms with van der Waals surface area (Å²) in [7, 11) is 0. The third kappa shape index (κ3) is 5.68. The van der Waals surface area contributed by atoms with E-state index in [1.165, 1.54) is 0 Å². The molecule has 0 atom stereocenters. The molecule has 1 N–H and O–H groups in total. The SMILES string of the molecule is CCCNC(=O)CN(CC(=O)OCC)C1CC1. The molecule has 5 heteroatoms. The summed E-state index contributed by atoms with van der Waals surface area (Å²) >= 11 is 0. The second-order valence-electron chi connectivity index (χ2n) is 4.29. The Bertz CT molecular complexity index is 264. The zero-order chi connectivity index (χ0) is 12.7. The maximum absolute atomic E-state index is 11.6. The Labute approximate surface area is 102 Å². The van der Waals surface area contributed by atoms with Crippen molar-refractivity contribution in [3.8, 4) is 0 Å². The van der Waals surface area contributed by atoms with Gasteiger partial charge < -0.3 is 10.1 Å². The van der Waals surface area contributed by atoms with Crippen molar-refractivity contribution in [1.29, 1.82) is 0 Å². The maximum Gasteiger partial charge on any atom is 0.320 e. The van der Waals surface area contributed by atoms with Crippen LogP contribution >= 0.6 is 0 Å². The largest absolute Gasteiger partial charge is 0.465 e. The van der Waals surface area contributed by atoms with Crippen LogP contribution in [0.3, 0.4) is 0 Å². The molecule has 0 spiro atoms. The molecule has 1 saturated carbocycles. The minimum atomic E-state index is -0.248. The van der Waals surface area contributed by atoms with Crippen LogP contribution in [-0.4, -0.2) is 49.1 Å². The van der Waals surface area contributed by atoms with Gasteiger partial charge in [0.25, 0.3) is 0 Å². The van der Waals surface area contributed by atoms with Gasteiger partial charge in [-0.2, -0.15) is 0 Å². The molecule has 1 rings (SSSR count). The van der Waals surface area contributed by atoms with Gasteiger partial charge in [-0.3, -0.25) is 14.5 Å². The third-order valence-electron chi connectivity index (χ3n) is 2.62. The minimum absolute atomic E-state index is 0.0111. The highest BCUT2D eigenvalue weighted by Crippen LogP contribution is 2.26. The van der Waals surface area contributed by atoms with E-state index in [1.54, 1.807) is 6.92 Å². The second kappa shape index (κ2) is 7.27. The summed E-state index contributed by atoms with van der Waals surface area (Å²) in [6.45, 7) is 5.39. The predicted octanol–water partition coefficient (Wildman–Crippen LogP) is 0.540. The van der Waals surface area contributed by atoms with E-state index >= 15 is 0 Å². The number of carbonyl (C=O) groups is 2. The monoisotopic (exact) mass is 242 g/mol. The molecule has 0 aromatic carbocycles. The lowest BCUT2D eigenvalue weighted by Gasteiger charge is -2.20. The standard InChI is InChI=1S/C12H22N2O3/c1-3-7-13-11(15)8-14(10-5-6-10)9-12(16)17-4-2/h10H,3-9H2,1-2H3,(H,13,15). The lowest BCUT2D eigenvalue weighted by molar-refractivity contribution is -0.144. The number of hydrogen-bond donors (Lipinski definition) is 1. The van der Waals surface area contributed by atoms with E-state index in [2.05, 4.69) is 5.32 Å². The van der Waals surface area contributed by atoms with Crippen LogP contribution in [0.1, 0.15) is 33.1 Å². The van der Waals surface area contributed by atoms with Gasteiger partial charge >= 0.3 is 5.97 Å². The third-order valence-corrected chi connectivity index (χ3v) is 2.62. The quantitative estimate of drug-likeness (QED) is 0.631. The molecule has 0 aromatic heterocycles. The first-order chi connectivity index (χ1) is 8.17. The topological polar surface area (TPSA) is 58.6 Å². The molecule has 17 heavy (non-hydrogen) atoms. The number of esters is 1. The fourth-order valence-corrected chi connectivity index (χ4v) is 1.63. The summed E-state index contributed by atoms with van der Waals surface area (Å²) in [4.78, 5) is 24.9. The van der Waals surface area contributed by atoms with E-state index in [9.17, 15) is 9.59 Å². The van der Waals surface area contributed by atoms with Crippen molar-refractivity contribution in [3.05, 3.63) is 0 Å². The van der Waals surface area contributed by atoms with Crippen LogP contribution in [0.15, 0.2) is 0 Å². The van der Waals surface area contributed by atoms with Gasteiger partial charge in [-0.05, 0) is 26.2 Å². The Balaban J connectivity index is 2.32. The highest BCUT2D eigenvalue weighted by molar-refractivity contribution is 5.79. The van der Waals surface area contributed by atoms with E-state index < -0.39 is 0 Å². The highest BCUT2D eigenvalue weighted by Gasteiger charge is 2.31. The van der Waals surface area contributed by atoms with Gasteiger partial charge in [0.15, 0.2) is 0 Å². The molecule has 0 aliphatic heterocycles. The van der Waals surface area contributed by atoms with Gasteiger partial charge in [0.1, 0.15) is 0 Å². The summed E-state index contributed by atoms with van der Waals surface area (Å²) in [6.07, 6.45) is 3.06. The number of ether oxygens (including phenoxy) is 1. The zero-order valence-electron chi connectivity index (χ0n) is 10.7. The van der Waals surface area contributed by atoms with E-state index in [0.29, 0.717) is 25.7 Å². The summed E-state index contributed by atoms with van der Waals surface area (Å²) in [6, 6.07) is 0.381. The van der Waals surface area contributed by atoms with Gasteiger partial charge in [0.05, 0.1) is 19.7 Å². The van der Waals surface area contributed by atoms with Gasteiger partial charge in [0, 0.05) is 12.6 Å².